The minimum atomic E-state index is -0.416. The second kappa shape index (κ2) is 7.63. The number of amides is 1. The molecule has 0 aliphatic carbocycles. The summed E-state index contributed by atoms with van der Waals surface area (Å²) in [6, 6.07) is 6.35. The number of aryl methyl sites for hydroxylation is 2. The number of ether oxygens (including phenoxy) is 1. The van der Waals surface area contributed by atoms with Crippen molar-refractivity contribution in [3.63, 3.8) is 0 Å². The number of carbonyl (C=O) groups is 1. The summed E-state index contributed by atoms with van der Waals surface area (Å²) >= 11 is 0. The van der Waals surface area contributed by atoms with Crippen molar-refractivity contribution in [2.45, 2.75) is 52.2 Å². The fourth-order valence-corrected chi connectivity index (χ4v) is 2.93. The van der Waals surface area contributed by atoms with Crippen molar-refractivity contribution in [2.24, 2.45) is 0 Å². The van der Waals surface area contributed by atoms with Gasteiger partial charge in [-0.2, -0.15) is 0 Å². The molecule has 4 nitrogen and oxygen atoms in total. The standard InChI is InChI=1S/C18H28N2O2/c1-5-17(22-16-11-13(2)10-14(3)12-16)18(21)19-15-6-8-20(4)9-7-15/h10-12,15,17H,5-9H2,1-4H3,(H,19,21)/t17-/m0/s1. The number of nitrogens with zero attached hydrogens (tertiary/aromatic N) is 1. The largest absolute Gasteiger partial charge is 0.481 e. The molecule has 1 saturated heterocycles. The van der Waals surface area contributed by atoms with Gasteiger partial charge in [-0.1, -0.05) is 13.0 Å². The molecule has 1 fully saturated rings. The maximum absolute atomic E-state index is 12.4. The Hall–Kier alpha value is -1.55. The first-order valence-electron chi connectivity index (χ1n) is 8.21. The molecule has 22 heavy (non-hydrogen) atoms. The van der Waals surface area contributed by atoms with E-state index >= 15 is 0 Å². The second-order valence-electron chi connectivity index (χ2n) is 6.42. The maximum atomic E-state index is 12.4. The van der Waals surface area contributed by atoms with E-state index < -0.39 is 6.10 Å². The van der Waals surface area contributed by atoms with Gasteiger partial charge in [-0.3, -0.25) is 4.79 Å². The molecule has 0 spiro atoms. The Bertz CT molecular complexity index is 488. The number of likely N-dealkylation sites (tertiary alicyclic amines) is 1. The van der Waals surface area contributed by atoms with Gasteiger partial charge in [0.1, 0.15) is 5.75 Å². The summed E-state index contributed by atoms with van der Waals surface area (Å²) in [6.45, 7) is 8.15. The topological polar surface area (TPSA) is 41.6 Å². The van der Waals surface area contributed by atoms with E-state index in [0.717, 1.165) is 42.8 Å². The first-order valence-corrected chi connectivity index (χ1v) is 8.21. The molecule has 0 aromatic heterocycles. The third kappa shape index (κ3) is 4.73. The van der Waals surface area contributed by atoms with Gasteiger partial charge in [-0.05, 0) is 76.5 Å². The van der Waals surface area contributed by atoms with Crippen molar-refractivity contribution in [3.8, 4) is 5.75 Å². The van der Waals surface area contributed by atoms with Crippen LogP contribution in [0.3, 0.4) is 0 Å². The molecule has 0 radical (unpaired) electrons. The third-order valence-corrected chi connectivity index (χ3v) is 4.20. The van der Waals surface area contributed by atoms with E-state index in [1.807, 2.05) is 32.9 Å². The van der Waals surface area contributed by atoms with Crippen molar-refractivity contribution >= 4 is 5.91 Å². The number of hydrogen-bond acceptors (Lipinski definition) is 3. The number of rotatable bonds is 5. The summed E-state index contributed by atoms with van der Waals surface area (Å²) in [5.41, 5.74) is 2.31. The van der Waals surface area contributed by atoms with Crippen molar-refractivity contribution in [1.29, 1.82) is 0 Å². The van der Waals surface area contributed by atoms with Gasteiger partial charge in [0.15, 0.2) is 6.10 Å². The zero-order valence-electron chi connectivity index (χ0n) is 14.2. The zero-order chi connectivity index (χ0) is 16.1. The molecule has 1 heterocycles. The molecule has 1 aromatic carbocycles. The average molecular weight is 304 g/mol. The van der Waals surface area contributed by atoms with Crippen LogP contribution in [-0.4, -0.2) is 43.1 Å². The molecule has 122 valence electrons. The molecule has 0 unspecified atom stereocenters. The molecule has 0 saturated carbocycles. The fraction of sp³-hybridized carbons (Fsp3) is 0.611. The van der Waals surface area contributed by atoms with E-state index in [1.54, 1.807) is 0 Å². The number of piperidine rings is 1. The highest BCUT2D eigenvalue weighted by Crippen LogP contribution is 2.19. The monoisotopic (exact) mass is 304 g/mol. The summed E-state index contributed by atoms with van der Waals surface area (Å²) < 4.78 is 5.93. The Morgan fingerprint density at radius 1 is 1.27 bits per heavy atom. The molecule has 1 N–H and O–H groups in total. The summed E-state index contributed by atoms with van der Waals surface area (Å²) in [4.78, 5) is 14.7. The fourth-order valence-electron chi connectivity index (χ4n) is 2.93. The molecule has 1 aromatic rings. The van der Waals surface area contributed by atoms with Crippen molar-refractivity contribution in [2.75, 3.05) is 20.1 Å². The first kappa shape index (κ1) is 16.8. The van der Waals surface area contributed by atoms with Crippen LogP contribution in [0.1, 0.15) is 37.3 Å². The highest BCUT2D eigenvalue weighted by Gasteiger charge is 2.24. The lowest BCUT2D eigenvalue weighted by atomic mass is 10.1. The number of hydrogen-bond donors (Lipinski definition) is 1. The Morgan fingerprint density at radius 2 is 1.86 bits per heavy atom. The van der Waals surface area contributed by atoms with Gasteiger partial charge in [0.25, 0.3) is 5.91 Å². The van der Waals surface area contributed by atoms with Gasteiger partial charge in [0.05, 0.1) is 0 Å². The van der Waals surface area contributed by atoms with Crippen LogP contribution in [0.4, 0.5) is 0 Å². The average Bonchev–Trinajstić information content (AvgIpc) is 2.46. The summed E-state index contributed by atoms with van der Waals surface area (Å²) in [5, 5.41) is 3.15. The lowest BCUT2D eigenvalue weighted by molar-refractivity contribution is -0.129. The van der Waals surface area contributed by atoms with Crippen molar-refractivity contribution < 1.29 is 9.53 Å². The number of nitrogens with one attached hydrogen (secondary N) is 1. The van der Waals surface area contributed by atoms with Crippen LogP contribution in [0, 0.1) is 13.8 Å². The predicted molar refractivity (Wildman–Crippen MR) is 89.3 cm³/mol. The van der Waals surface area contributed by atoms with Crippen LogP contribution in [-0.2, 0) is 4.79 Å². The Kier molecular flexibility index (Phi) is 5.83. The number of carbonyl (C=O) groups excluding carboxylic acids is 1. The molecular formula is C18H28N2O2. The minimum Gasteiger partial charge on any atom is -0.481 e. The third-order valence-electron chi connectivity index (χ3n) is 4.20. The molecule has 4 heteroatoms. The van der Waals surface area contributed by atoms with Gasteiger partial charge >= 0.3 is 0 Å². The van der Waals surface area contributed by atoms with Crippen molar-refractivity contribution in [1.82, 2.24) is 10.2 Å². The second-order valence-corrected chi connectivity index (χ2v) is 6.42. The van der Waals surface area contributed by atoms with Gasteiger partial charge in [-0.25, -0.2) is 0 Å². The molecular weight excluding hydrogens is 276 g/mol. The highest BCUT2D eigenvalue weighted by molar-refractivity contribution is 5.81. The lowest BCUT2D eigenvalue weighted by Gasteiger charge is -2.30. The molecule has 0 bridgehead atoms. The normalized spacial score (nSPS) is 18.0. The first-order chi connectivity index (χ1) is 10.5. The number of benzene rings is 1. The maximum Gasteiger partial charge on any atom is 0.261 e. The zero-order valence-corrected chi connectivity index (χ0v) is 14.2. The van der Waals surface area contributed by atoms with E-state index in [9.17, 15) is 4.79 Å². The van der Waals surface area contributed by atoms with Crippen LogP contribution in [0.25, 0.3) is 0 Å². The Balaban J connectivity index is 1.94. The predicted octanol–water partition coefficient (Wildman–Crippen LogP) is 2.67. The van der Waals surface area contributed by atoms with E-state index in [1.165, 1.54) is 0 Å². The lowest BCUT2D eigenvalue weighted by Crippen LogP contribution is -2.47. The quantitative estimate of drug-likeness (QED) is 0.909. The van der Waals surface area contributed by atoms with Crippen LogP contribution >= 0.6 is 0 Å². The van der Waals surface area contributed by atoms with E-state index in [-0.39, 0.29) is 11.9 Å². The summed E-state index contributed by atoms with van der Waals surface area (Å²) in [7, 11) is 2.12. The molecule has 1 amide bonds. The van der Waals surface area contributed by atoms with E-state index in [2.05, 4.69) is 23.3 Å². The summed E-state index contributed by atoms with van der Waals surface area (Å²) in [6.07, 6.45) is 2.29. The highest BCUT2D eigenvalue weighted by atomic mass is 16.5. The van der Waals surface area contributed by atoms with Gasteiger partial charge in [0, 0.05) is 6.04 Å². The summed E-state index contributed by atoms with van der Waals surface area (Å²) in [5.74, 6) is 0.791. The van der Waals surface area contributed by atoms with Crippen LogP contribution in [0.2, 0.25) is 0 Å². The molecule has 1 aliphatic rings. The van der Waals surface area contributed by atoms with Crippen molar-refractivity contribution in [3.05, 3.63) is 29.3 Å². The minimum absolute atomic E-state index is 0.0104. The molecule has 2 rings (SSSR count). The Morgan fingerprint density at radius 3 is 2.41 bits per heavy atom. The Labute approximate surface area is 133 Å². The molecule has 1 aliphatic heterocycles. The van der Waals surface area contributed by atoms with E-state index in [0.29, 0.717) is 6.42 Å². The van der Waals surface area contributed by atoms with E-state index in [4.69, 9.17) is 4.74 Å². The molecule has 1 atom stereocenters. The van der Waals surface area contributed by atoms with Crippen LogP contribution in [0.5, 0.6) is 5.75 Å². The van der Waals surface area contributed by atoms with Gasteiger partial charge in [0.2, 0.25) is 0 Å². The van der Waals surface area contributed by atoms with Gasteiger partial charge in [-0.15, -0.1) is 0 Å². The van der Waals surface area contributed by atoms with Crippen LogP contribution < -0.4 is 10.1 Å². The van der Waals surface area contributed by atoms with Gasteiger partial charge < -0.3 is 15.0 Å². The van der Waals surface area contributed by atoms with Crippen LogP contribution in [0.15, 0.2) is 18.2 Å². The smallest absolute Gasteiger partial charge is 0.261 e. The SMILES string of the molecule is CC[C@H](Oc1cc(C)cc(C)c1)C(=O)NC1CCN(C)CC1.